The summed E-state index contributed by atoms with van der Waals surface area (Å²) in [5, 5.41) is 0. The van der Waals surface area contributed by atoms with Crippen LogP contribution in [-0.2, 0) is 16.4 Å². The zero-order valence-corrected chi connectivity index (χ0v) is 12.3. The molecule has 0 unspecified atom stereocenters. The van der Waals surface area contributed by atoms with E-state index in [-0.39, 0.29) is 16.1 Å². The van der Waals surface area contributed by atoms with Gasteiger partial charge in [-0.05, 0) is 37.1 Å². The molecular weight excluding hydrogens is 291 g/mol. The van der Waals surface area contributed by atoms with Crippen LogP contribution in [0.3, 0.4) is 0 Å². The molecule has 0 saturated heterocycles. The highest BCUT2D eigenvalue weighted by atomic mass is 32.2. The van der Waals surface area contributed by atoms with Gasteiger partial charge in [0.1, 0.15) is 5.82 Å². The second-order valence-corrected chi connectivity index (χ2v) is 6.91. The highest BCUT2D eigenvalue weighted by Gasteiger charge is 2.32. The first-order valence-corrected chi connectivity index (χ1v) is 8.01. The number of nitrogen functional groups attached to an aromatic ring is 1. The first-order chi connectivity index (χ1) is 9.91. The Balaban J connectivity index is 2.15. The number of nitrogens with two attached hydrogens (primary N) is 1. The molecule has 0 fully saturated rings. The minimum absolute atomic E-state index is 0.0725. The molecule has 1 aliphatic rings. The van der Waals surface area contributed by atoms with Crippen LogP contribution < -0.4 is 10.0 Å². The molecule has 2 aromatic rings. The van der Waals surface area contributed by atoms with E-state index < -0.39 is 15.8 Å². The van der Waals surface area contributed by atoms with Gasteiger partial charge in [0.05, 0.1) is 10.6 Å². The molecule has 0 aliphatic carbocycles. The van der Waals surface area contributed by atoms with Crippen molar-refractivity contribution in [3.05, 3.63) is 53.3 Å². The van der Waals surface area contributed by atoms with Crippen molar-refractivity contribution in [1.82, 2.24) is 0 Å². The summed E-state index contributed by atoms with van der Waals surface area (Å²) in [6.45, 7) is 1.81. The quantitative estimate of drug-likeness (QED) is 0.867. The predicted octanol–water partition coefficient (Wildman–Crippen LogP) is 2.47. The van der Waals surface area contributed by atoms with E-state index in [4.69, 9.17) is 5.73 Å². The van der Waals surface area contributed by atoms with Gasteiger partial charge < -0.3 is 5.73 Å². The largest absolute Gasteiger partial charge is 0.399 e. The molecule has 0 saturated carbocycles. The molecule has 0 amide bonds. The Morgan fingerprint density at radius 1 is 1.24 bits per heavy atom. The molecule has 0 spiro atoms. The Kier molecular flexibility index (Phi) is 3.13. The van der Waals surface area contributed by atoms with Crippen LogP contribution in [0.25, 0.3) is 0 Å². The second-order valence-electron chi connectivity index (χ2n) is 5.08. The summed E-state index contributed by atoms with van der Waals surface area (Å²) in [6.07, 6.45) is 0.652. The molecule has 110 valence electrons. The summed E-state index contributed by atoms with van der Waals surface area (Å²) in [6, 6.07) is 9.77. The fourth-order valence-electron chi connectivity index (χ4n) is 2.62. The molecule has 4 nitrogen and oxygen atoms in total. The lowest BCUT2D eigenvalue weighted by atomic mass is 10.2. The average Bonchev–Trinajstić information content (AvgIpc) is 2.87. The molecule has 0 atom stereocenters. The summed E-state index contributed by atoms with van der Waals surface area (Å²) >= 11 is 0. The lowest BCUT2D eigenvalue weighted by Gasteiger charge is -2.21. The molecule has 21 heavy (non-hydrogen) atoms. The number of hydrogen-bond acceptors (Lipinski definition) is 3. The van der Waals surface area contributed by atoms with Crippen LogP contribution in [0.15, 0.2) is 41.3 Å². The third-order valence-corrected chi connectivity index (χ3v) is 5.67. The fraction of sp³-hybridized carbons (Fsp3) is 0.200. The van der Waals surface area contributed by atoms with E-state index in [1.807, 2.05) is 12.1 Å². The Hall–Kier alpha value is -2.08. The van der Waals surface area contributed by atoms with Crippen LogP contribution in [0.2, 0.25) is 0 Å². The molecule has 2 aromatic carbocycles. The van der Waals surface area contributed by atoms with Gasteiger partial charge in [0.25, 0.3) is 10.0 Å². The Bertz CT molecular complexity index is 818. The van der Waals surface area contributed by atoms with Gasteiger partial charge in [0, 0.05) is 17.8 Å². The number of halogens is 1. The molecule has 3 rings (SSSR count). The van der Waals surface area contributed by atoms with Gasteiger partial charge in [-0.1, -0.05) is 18.2 Å². The van der Waals surface area contributed by atoms with E-state index in [0.717, 1.165) is 11.6 Å². The smallest absolute Gasteiger partial charge is 0.264 e. The molecule has 1 aliphatic heterocycles. The Morgan fingerprint density at radius 2 is 1.95 bits per heavy atom. The number of sulfonamides is 1. The highest BCUT2D eigenvalue weighted by Crippen LogP contribution is 2.34. The zero-order valence-electron chi connectivity index (χ0n) is 11.5. The van der Waals surface area contributed by atoms with Crippen molar-refractivity contribution in [2.24, 2.45) is 0 Å². The molecule has 0 bridgehead atoms. The zero-order chi connectivity index (χ0) is 15.2. The molecule has 2 N–H and O–H groups in total. The minimum Gasteiger partial charge on any atom is -0.399 e. The van der Waals surface area contributed by atoms with Gasteiger partial charge in [-0.25, -0.2) is 12.8 Å². The first-order valence-electron chi connectivity index (χ1n) is 6.57. The Labute approximate surface area is 123 Å². The second kappa shape index (κ2) is 4.73. The van der Waals surface area contributed by atoms with Crippen LogP contribution in [0.4, 0.5) is 15.8 Å². The van der Waals surface area contributed by atoms with Crippen molar-refractivity contribution < 1.29 is 12.8 Å². The van der Waals surface area contributed by atoms with E-state index in [1.165, 1.54) is 17.3 Å². The third kappa shape index (κ3) is 2.15. The summed E-state index contributed by atoms with van der Waals surface area (Å²) < 4.78 is 40.8. The maximum Gasteiger partial charge on any atom is 0.264 e. The van der Waals surface area contributed by atoms with Crippen molar-refractivity contribution >= 4 is 21.4 Å². The maximum atomic E-state index is 13.8. The van der Waals surface area contributed by atoms with Crippen molar-refractivity contribution in [2.75, 3.05) is 16.6 Å². The number of para-hydroxylation sites is 1. The van der Waals surface area contributed by atoms with Gasteiger partial charge >= 0.3 is 0 Å². The van der Waals surface area contributed by atoms with Crippen LogP contribution >= 0.6 is 0 Å². The van der Waals surface area contributed by atoms with Crippen molar-refractivity contribution in [3.63, 3.8) is 0 Å². The van der Waals surface area contributed by atoms with Crippen LogP contribution in [0.1, 0.15) is 11.1 Å². The van der Waals surface area contributed by atoms with Gasteiger partial charge in [0.2, 0.25) is 0 Å². The monoisotopic (exact) mass is 306 g/mol. The normalized spacial score (nSPS) is 14.3. The van der Waals surface area contributed by atoms with E-state index in [2.05, 4.69) is 0 Å². The summed E-state index contributed by atoms with van der Waals surface area (Å²) in [5.41, 5.74) is 7.42. The number of rotatable bonds is 2. The number of benzene rings is 2. The first kappa shape index (κ1) is 13.9. The van der Waals surface area contributed by atoms with E-state index in [9.17, 15) is 12.8 Å². The van der Waals surface area contributed by atoms with Gasteiger partial charge in [0.15, 0.2) is 0 Å². The minimum atomic E-state index is -3.81. The average molecular weight is 306 g/mol. The van der Waals surface area contributed by atoms with Crippen LogP contribution in [0, 0.1) is 12.7 Å². The van der Waals surface area contributed by atoms with Crippen molar-refractivity contribution in [3.8, 4) is 0 Å². The van der Waals surface area contributed by atoms with Crippen LogP contribution in [0.5, 0.6) is 0 Å². The maximum absolute atomic E-state index is 13.8. The molecule has 0 aromatic heterocycles. The molecule has 1 heterocycles. The summed E-state index contributed by atoms with van der Waals surface area (Å²) in [4.78, 5) is -0.0725. The molecule has 6 heteroatoms. The number of anilines is 2. The number of hydrogen-bond donors (Lipinski definition) is 1. The van der Waals surface area contributed by atoms with E-state index >= 15 is 0 Å². The number of fused-ring (bicyclic) bond motifs is 1. The summed E-state index contributed by atoms with van der Waals surface area (Å²) in [7, 11) is -3.81. The molecular formula is C15H15FN2O2S. The lowest BCUT2D eigenvalue weighted by Crippen LogP contribution is -2.30. The number of nitrogens with zero attached hydrogens (tertiary/aromatic N) is 1. The van der Waals surface area contributed by atoms with Crippen LogP contribution in [-0.4, -0.2) is 15.0 Å². The fourth-order valence-corrected chi connectivity index (χ4v) is 4.39. The van der Waals surface area contributed by atoms with Crippen molar-refractivity contribution in [1.29, 1.82) is 0 Å². The van der Waals surface area contributed by atoms with Gasteiger partial charge in [-0.3, -0.25) is 4.31 Å². The highest BCUT2D eigenvalue weighted by molar-refractivity contribution is 7.93. The lowest BCUT2D eigenvalue weighted by molar-refractivity contribution is 0.584. The molecule has 0 radical (unpaired) electrons. The summed E-state index contributed by atoms with van der Waals surface area (Å²) in [5.74, 6) is -0.610. The predicted molar refractivity (Wildman–Crippen MR) is 80.2 cm³/mol. The van der Waals surface area contributed by atoms with E-state index in [1.54, 1.807) is 12.1 Å². The topological polar surface area (TPSA) is 63.4 Å². The van der Waals surface area contributed by atoms with E-state index in [0.29, 0.717) is 18.7 Å². The van der Waals surface area contributed by atoms with Crippen molar-refractivity contribution in [2.45, 2.75) is 18.2 Å². The van der Waals surface area contributed by atoms with Gasteiger partial charge in [-0.2, -0.15) is 0 Å². The SMILES string of the molecule is Cc1c(F)cc(N)cc1S(=O)(=O)N1CCc2ccccc21. The van der Waals surface area contributed by atoms with Gasteiger partial charge in [-0.15, -0.1) is 0 Å². The standard InChI is InChI=1S/C15H15FN2O2S/c1-10-13(16)8-12(17)9-15(10)21(19,20)18-7-6-11-4-2-3-5-14(11)18/h2-5,8-9H,6-7,17H2,1H3. The Morgan fingerprint density at radius 3 is 2.71 bits per heavy atom. The third-order valence-electron chi connectivity index (χ3n) is 3.73.